The van der Waals surface area contributed by atoms with Gasteiger partial charge in [0, 0.05) is 45.3 Å². The highest BCUT2D eigenvalue weighted by molar-refractivity contribution is 5.78. The van der Waals surface area contributed by atoms with Crippen LogP contribution in [-0.2, 0) is 4.79 Å². The molecule has 2 heterocycles. The summed E-state index contributed by atoms with van der Waals surface area (Å²) in [6.45, 7) is 6.43. The van der Waals surface area contributed by atoms with E-state index >= 15 is 0 Å². The summed E-state index contributed by atoms with van der Waals surface area (Å²) in [4.78, 5) is 18.6. The van der Waals surface area contributed by atoms with Crippen molar-refractivity contribution in [2.24, 2.45) is 0 Å². The van der Waals surface area contributed by atoms with Crippen LogP contribution in [-0.4, -0.2) is 86.6 Å². The molecule has 2 rings (SSSR count). The molecule has 0 aromatic carbocycles. The summed E-state index contributed by atoms with van der Waals surface area (Å²) in [7, 11) is 4.18. The molecule has 1 N–H and O–H groups in total. The van der Waals surface area contributed by atoms with Crippen LogP contribution < -0.4 is 5.32 Å². The van der Waals surface area contributed by atoms with Crippen molar-refractivity contribution >= 4 is 5.91 Å². The molecule has 98 valence electrons. The fourth-order valence-corrected chi connectivity index (χ4v) is 2.55. The van der Waals surface area contributed by atoms with E-state index in [4.69, 9.17) is 0 Å². The van der Waals surface area contributed by atoms with Crippen molar-refractivity contribution in [1.29, 1.82) is 0 Å². The Balaban J connectivity index is 1.76. The van der Waals surface area contributed by atoms with Gasteiger partial charge in [-0.05, 0) is 20.5 Å². The molecule has 2 aliphatic heterocycles. The molecule has 1 amide bonds. The Kier molecular flexibility index (Phi) is 4.36. The van der Waals surface area contributed by atoms with E-state index in [1.165, 1.54) is 0 Å². The molecule has 1 atom stereocenters. The van der Waals surface area contributed by atoms with E-state index < -0.39 is 0 Å². The van der Waals surface area contributed by atoms with Crippen LogP contribution in [0.3, 0.4) is 0 Å². The zero-order chi connectivity index (χ0) is 12.3. The lowest BCUT2D eigenvalue weighted by molar-refractivity contribution is -0.131. The molecular weight excluding hydrogens is 216 g/mol. The van der Waals surface area contributed by atoms with Gasteiger partial charge in [-0.1, -0.05) is 0 Å². The lowest BCUT2D eigenvalue weighted by atomic mass is 10.2. The van der Waals surface area contributed by atoms with E-state index in [1.54, 1.807) is 0 Å². The minimum absolute atomic E-state index is 0.302. The minimum atomic E-state index is 0.302. The highest BCUT2D eigenvalue weighted by atomic mass is 16.2. The number of hydrogen-bond donors (Lipinski definition) is 1. The number of carbonyl (C=O) groups excluding carboxylic acids is 1. The van der Waals surface area contributed by atoms with Crippen LogP contribution in [0.5, 0.6) is 0 Å². The molecule has 0 aromatic heterocycles. The topological polar surface area (TPSA) is 38.8 Å². The van der Waals surface area contributed by atoms with Gasteiger partial charge in [0.25, 0.3) is 0 Å². The van der Waals surface area contributed by atoms with Gasteiger partial charge in [-0.2, -0.15) is 0 Å². The molecule has 2 fully saturated rings. The molecule has 0 radical (unpaired) electrons. The van der Waals surface area contributed by atoms with Gasteiger partial charge >= 0.3 is 0 Å². The lowest BCUT2D eigenvalue weighted by Gasteiger charge is -2.28. The molecule has 0 aliphatic carbocycles. The summed E-state index contributed by atoms with van der Waals surface area (Å²) in [6.07, 6.45) is 1.11. The van der Waals surface area contributed by atoms with Crippen molar-refractivity contribution < 1.29 is 4.79 Å². The first-order chi connectivity index (χ1) is 8.16. The van der Waals surface area contributed by atoms with E-state index in [0.29, 0.717) is 18.5 Å². The number of nitrogens with zero attached hydrogens (tertiary/aromatic N) is 3. The first-order valence-corrected chi connectivity index (χ1v) is 6.54. The first kappa shape index (κ1) is 12.8. The third-order valence-corrected chi connectivity index (χ3v) is 3.81. The van der Waals surface area contributed by atoms with Crippen LogP contribution >= 0.6 is 0 Å². The van der Waals surface area contributed by atoms with Crippen molar-refractivity contribution in [3.63, 3.8) is 0 Å². The average molecular weight is 240 g/mol. The Labute approximate surface area is 104 Å². The molecule has 2 saturated heterocycles. The normalized spacial score (nSPS) is 26.8. The van der Waals surface area contributed by atoms with Crippen molar-refractivity contribution in [3.05, 3.63) is 0 Å². The van der Waals surface area contributed by atoms with Crippen molar-refractivity contribution in [2.75, 3.05) is 59.9 Å². The van der Waals surface area contributed by atoms with Crippen LogP contribution in [0.15, 0.2) is 0 Å². The third kappa shape index (κ3) is 3.40. The summed E-state index contributed by atoms with van der Waals surface area (Å²) < 4.78 is 0. The fourth-order valence-electron chi connectivity index (χ4n) is 2.55. The minimum Gasteiger partial charge on any atom is -0.340 e. The number of piperazine rings is 1. The lowest BCUT2D eigenvalue weighted by Crippen LogP contribution is -2.48. The zero-order valence-corrected chi connectivity index (χ0v) is 11.0. The molecule has 17 heavy (non-hydrogen) atoms. The van der Waals surface area contributed by atoms with E-state index in [9.17, 15) is 4.79 Å². The Morgan fingerprint density at radius 2 is 2.00 bits per heavy atom. The number of amides is 1. The number of nitrogens with one attached hydrogen (secondary N) is 1. The Morgan fingerprint density at radius 3 is 2.59 bits per heavy atom. The van der Waals surface area contributed by atoms with Crippen LogP contribution in [0.25, 0.3) is 0 Å². The quantitative estimate of drug-likeness (QED) is 0.691. The van der Waals surface area contributed by atoms with E-state index in [2.05, 4.69) is 29.2 Å². The molecule has 5 heteroatoms. The maximum atomic E-state index is 12.1. The maximum absolute atomic E-state index is 12.1. The molecule has 1 unspecified atom stereocenters. The van der Waals surface area contributed by atoms with Crippen LogP contribution in [0.1, 0.15) is 6.42 Å². The van der Waals surface area contributed by atoms with Crippen molar-refractivity contribution in [1.82, 2.24) is 20.0 Å². The van der Waals surface area contributed by atoms with E-state index in [-0.39, 0.29) is 0 Å². The summed E-state index contributed by atoms with van der Waals surface area (Å²) >= 11 is 0. The Hall–Kier alpha value is -0.650. The van der Waals surface area contributed by atoms with Gasteiger partial charge in [-0.15, -0.1) is 0 Å². The van der Waals surface area contributed by atoms with E-state index in [1.807, 2.05) is 4.90 Å². The molecule has 0 spiro atoms. The highest BCUT2D eigenvalue weighted by Gasteiger charge is 2.28. The highest BCUT2D eigenvalue weighted by Crippen LogP contribution is 2.13. The smallest absolute Gasteiger partial charge is 0.236 e. The van der Waals surface area contributed by atoms with Crippen LogP contribution in [0.2, 0.25) is 0 Å². The monoisotopic (exact) mass is 240 g/mol. The standard InChI is InChI=1S/C12H24N4O/c1-14(2)11-3-6-16(9-11)12(17)10-15-7-4-13-5-8-15/h11,13H,3-10H2,1-2H3. The van der Waals surface area contributed by atoms with Crippen molar-refractivity contribution in [2.45, 2.75) is 12.5 Å². The molecule has 5 nitrogen and oxygen atoms in total. The number of likely N-dealkylation sites (N-methyl/N-ethyl adjacent to an activating group) is 1. The zero-order valence-electron chi connectivity index (χ0n) is 11.0. The van der Waals surface area contributed by atoms with Crippen molar-refractivity contribution in [3.8, 4) is 0 Å². The molecule has 0 bridgehead atoms. The second kappa shape index (κ2) is 5.80. The van der Waals surface area contributed by atoms with Gasteiger partial charge < -0.3 is 15.1 Å². The van der Waals surface area contributed by atoms with Crippen LogP contribution in [0, 0.1) is 0 Å². The number of hydrogen-bond acceptors (Lipinski definition) is 4. The second-order valence-electron chi connectivity index (χ2n) is 5.27. The number of rotatable bonds is 3. The largest absolute Gasteiger partial charge is 0.340 e. The van der Waals surface area contributed by atoms with Gasteiger partial charge in [0.2, 0.25) is 5.91 Å². The SMILES string of the molecule is CN(C)C1CCN(C(=O)CN2CCNCC2)C1. The van der Waals surface area contributed by atoms with Gasteiger partial charge in [-0.3, -0.25) is 9.69 Å². The van der Waals surface area contributed by atoms with E-state index in [0.717, 1.165) is 45.7 Å². The molecule has 0 aromatic rings. The first-order valence-electron chi connectivity index (χ1n) is 6.54. The summed E-state index contributed by atoms with van der Waals surface area (Å²) in [5, 5.41) is 3.31. The summed E-state index contributed by atoms with van der Waals surface area (Å²) in [6, 6.07) is 0.543. The fraction of sp³-hybridized carbons (Fsp3) is 0.917. The average Bonchev–Trinajstić information content (AvgIpc) is 2.79. The second-order valence-corrected chi connectivity index (χ2v) is 5.27. The van der Waals surface area contributed by atoms with Gasteiger partial charge in [0.15, 0.2) is 0 Å². The summed E-state index contributed by atoms with van der Waals surface area (Å²) in [5.41, 5.74) is 0. The molecule has 2 aliphatic rings. The Bertz CT molecular complexity index is 263. The van der Waals surface area contributed by atoms with Gasteiger partial charge in [0.1, 0.15) is 0 Å². The molecule has 0 saturated carbocycles. The predicted octanol–water partition coefficient (Wildman–Crippen LogP) is -0.946. The van der Waals surface area contributed by atoms with Gasteiger partial charge in [0.05, 0.1) is 6.54 Å². The maximum Gasteiger partial charge on any atom is 0.236 e. The third-order valence-electron chi connectivity index (χ3n) is 3.81. The Morgan fingerprint density at radius 1 is 1.29 bits per heavy atom. The number of carbonyl (C=O) groups is 1. The van der Waals surface area contributed by atoms with Crippen LogP contribution in [0.4, 0.5) is 0 Å². The summed E-state index contributed by atoms with van der Waals surface area (Å²) in [5.74, 6) is 0.302. The number of likely N-dealkylation sites (tertiary alicyclic amines) is 1. The molecular formula is C12H24N4O. The predicted molar refractivity (Wildman–Crippen MR) is 68.0 cm³/mol. The van der Waals surface area contributed by atoms with Gasteiger partial charge in [-0.25, -0.2) is 0 Å².